The topological polar surface area (TPSA) is 64.6 Å². The van der Waals surface area contributed by atoms with Gasteiger partial charge in [-0.15, -0.1) is 0 Å². The van der Waals surface area contributed by atoms with Crippen molar-refractivity contribution in [2.45, 2.75) is 50.7 Å². The van der Waals surface area contributed by atoms with E-state index in [0.29, 0.717) is 0 Å². The Morgan fingerprint density at radius 2 is 1.73 bits per heavy atom. The molecule has 1 fully saturated rings. The summed E-state index contributed by atoms with van der Waals surface area (Å²) in [6.45, 7) is 9.38. The standard InChI is InChI=1S/C14H21BFNO4S/c1-6-17-22(18,19)10-7-8-11(12(16)9-10)15-20-13(2,3)14(4,5)21-15/h7-9,17H,6H2,1-5H3. The minimum atomic E-state index is -3.69. The molecule has 0 aliphatic carbocycles. The van der Waals surface area contributed by atoms with Crippen molar-refractivity contribution in [3.63, 3.8) is 0 Å². The highest BCUT2D eigenvalue weighted by Crippen LogP contribution is 2.36. The maximum absolute atomic E-state index is 14.3. The number of nitrogens with one attached hydrogen (secondary N) is 1. The van der Waals surface area contributed by atoms with E-state index in [2.05, 4.69) is 4.72 Å². The summed E-state index contributed by atoms with van der Waals surface area (Å²) in [6.07, 6.45) is 0. The number of sulfonamides is 1. The van der Waals surface area contributed by atoms with Gasteiger partial charge in [0.1, 0.15) is 5.82 Å². The van der Waals surface area contributed by atoms with E-state index < -0.39 is 34.2 Å². The molecule has 5 nitrogen and oxygen atoms in total. The Morgan fingerprint density at radius 1 is 1.18 bits per heavy atom. The summed E-state index contributed by atoms with van der Waals surface area (Å²) in [5, 5.41) is 0. The average Bonchev–Trinajstić information content (AvgIpc) is 2.57. The van der Waals surface area contributed by atoms with Crippen LogP contribution in [0, 0.1) is 5.82 Å². The van der Waals surface area contributed by atoms with E-state index in [-0.39, 0.29) is 16.9 Å². The Labute approximate surface area is 131 Å². The first-order chi connectivity index (χ1) is 10.00. The molecule has 122 valence electrons. The molecule has 1 N–H and O–H groups in total. The largest absolute Gasteiger partial charge is 0.497 e. The molecular weight excluding hydrogens is 308 g/mol. The lowest BCUT2D eigenvalue weighted by Gasteiger charge is -2.32. The van der Waals surface area contributed by atoms with Gasteiger partial charge in [-0.05, 0) is 39.8 Å². The monoisotopic (exact) mass is 329 g/mol. The van der Waals surface area contributed by atoms with Crippen molar-refractivity contribution < 1.29 is 22.1 Å². The first kappa shape index (κ1) is 17.4. The summed E-state index contributed by atoms with van der Waals surface area (Å²) < 4.78 is 52.0. The smallest absolute Gasteiger partial charge is 0.399 e. The lowest BCUT2D eigenvalue weighted by atomic mass is 9.79. The fourth-order valence-corrected chi connectivity index (χ4v) is 3.16. The summed E-state index contributed by atoms with van der Waals surface area (Å²) in [7, 11) is -4.55. The van der Waals surface area contributed by atoms with Crippen molar-refractivity contribution >= 4 is 22.6 Å². The summed E-state index contributed by atoms with van der Waals surface area (Å²) >= 11 is 0. The first-order valence-electron chi connectivity index (χ1n) is 7.15. The van der Waals surface area contributed by atoms with Gasteiger partial charge < -0.3 is 9.31 Å². The lowest BCUT2D eigenvalue weighted by molar-refractivity contribution is 0.00578. The third kappa shape index (κ3) is 3.06. The van der Waals surface area contributed by atoms with Gasteiger partial charge in [-0.1, -0.05) is 13.0 Å². The minimum absolute atomic E-state index is 0.118. The van der Waals surface area contributed by atoms with Crippen LogP contribution in [-0.4, -0.2) is 33.3 Å². The zero-order valence-electron chi connectivity index (χ0n) is 13.4. The van der Waals surface area contributed by atoms with Gasteiger partial charge in [0.2, 0.25) is 10.0 Å². The molecule has 22 heavy (non-hydrogen) atoms. The summed E-state index contributed by atoms with van der Waals surface area (Å²) in [5.74, 6) is -0.669. The molecular formula is C14H21BFNO4S. The molecule has 0 unspecified atom stereocenters. The maximum Gasteiger partial charge on any atom is 0.497 e. The number of hydrogen-bond acceptors (Lipinski definition) is 4. The Kier molecular flexibility index (Phi) is 4.43. The van der Waals surface area contributed by atoms with Gasteiger partial charge in [0.25, 0.3) is 0 Å². The molecule has 0 bridgehead atoms. The zero-order valence-corrected chi connectivity index (χ0v) is 14.3. The van der Waals surface area contributed by atoms with Crippen molar-refractivity contribution in [2.24, 2.45) is 0 Å². The highest BCUT2D eigenvalue weighted by molar-refractivity contribution is 7.89. The number of hydrogen-bond donors (Lipinski definition) is 1. The molecule has 8 heteroatoms. The van der Waals surface area contributed by atoms with Crippen molar-refractivity contribution in [3.8, 4) is 0 Å². The molecule has 0 spiro atoms. The Morgan fingerprint density at radius 3 is 2.18 bits per heavy atom. The number of halogens is 1. The Balaban J connectivity index is 2.33. The van der Waals surface area contributed by atoms with Gasteiger partial charge in [-0.2, -0.15) is 0 Å². The SMILES string of the molecule is CCNS(=O)(=O)c1ccc(B2OC(C)(C)C(C)(C)O2)c(F)c1. The van der Waals surface area contributed by atoms with Crippen LogP contribution >= 0.6 is 0 Å². The molecule has 2 rings (SSSR count). The van der Waals surface area contributed by atoms with Crippen LogP contribution in [0.25, 0.3) is 0 Å². The van der Waals surface area contributed by atoms with Crippen LogP contribution in [0.5, 0.6) is 0 Å². The van der Waals surface area contributed by atoms with E-state index in [1.807, 2.05) is 27.7 Å². The quantitative estimate of drug-likeness (QED) is 0.849. The van der Waals surface area contributed by atoms with Gasteiger partial charge in [0.05, 0.1) is 16.1 Å². The highest BCUT2D eigenvalue weighted by Gasteiger charge is 2.52. The normalized spacial score (nSPS) is 20.4. The van der Waals surface area contributed by atoms with Gasteiger partial charge >= 0.3 is 7.12 Å². The van der Waals surface area contributed by atoms with Gasteiger partial charge in [-0.25, -0.2) is 17.5 Å². The predicted molar refractivity (Wildman–Crippen MR) is 83.0 cm³/mol. The van der Waals surface area contributed by atoms with Crippen LogP contribution < -0.4 is 10.2 Å². The molecule has 1 aliphatic rings. The summed E-state index contributed by atoms with van der Waals surface area (Å²) in [6, 6.07) is 3.72. The Hall–Kier alpha value is -0.955. The second kappa shape index (κ2) is 5.60. The second-order valence-corrected chi connectivity index (χ2v) is 8.04. The Bertz CT molecular complexity index is 659. The van der Waals surface area contributed by atoms with Crippen LogP contribution in [0.2, 0.25) is 0 Å². The average molecular weight is 329 g/mol. The van der Waals surface area contributed by atoms with Gasteiger partial charge in [0.15, 0.2) is 0 Å². The zero-order chi connectivity index (χ0) is 16.8. The molecule has 1 aromatic rings. The second-order valence-electron chi connectivity index (χ2n) is 6.27. The van der Waals surface area contributed by atoms with Crippen LogP contribution in [-0.2, 0) is 19.3 Å². The van der Waals surface area contributed by atoms with E-state index in [9.17, 15) is 12.8 Å². The van der Waals surface area contributed by atoms with Crippen LogP contribution in [0.3, 0.4) is 0 Å². The lowest BCUT2D eigenvalue weighted by Crippen LogP contribution is -2.41. The summed E-state index contributed by atoms with van der Waals surface area (Å²) in [5.41, 5.74) is -0.980. The third-order valence-corrected chi connectivity index (χ3v) is 5.67. The van der Waals surface area contributed by atoms with E-state index in [4.69, 9.17) is 9.31 Å². The van der Waals surface area contributed by atoms with Crippen LogP contribution in [0.4, 0.5) is 4.39 Å². The molecule has 0 aromatic heterocycles. The van der Waals surface area contributed by atoms with E-state index in [1.165, 1.54) is 12.1 Å². The molecule has 1 aromatic carbocycles. The first-order valence-corrected chi connectivity index (χ1v) is 8.63. The van der Waals surface area contributed by atoms with Crippen molar-refractivity contribution in [1.29, 1.82) is 0 Å². The number of benzene rings is 1. The van der Waals surface area contributed by atoms with Gasteiger partial charge in [-0.3, -0.25) is 0 Å². The van der Waals surface area contributed by atoms with Crippen LogP contribution in [0.15, 0.2) is 23.1 Å². The van der Waals surface area contributed by atoms with Crippen LogP contribution in [0.1, 0.15) is 34.6 Å². The fourth-order valence-electron chi connectivity index (χ4n) is 2.11. The van der Waals surface area contributed by atoms with E-state index >= 15 is 0 Å². The molecule has 0 atom stereocenters. The third-order valence-electron chi connectivity index (χ3n) is 4.12. The molecule has 0 saturated carbocycles. The van der Waals surface area contributed by atoms with Crippen molar-refractivity contribution in [1.82, 2.24) is 4.72 Å². The van der Waals surface area contributed by atoms with E-state index in [0.717, 1.165) is 6.07 Å². The molecule has 1 heterocycles. The molecule has 1 aliphatic heterocycles. The molecule has 0 amide bonds. The highest BCUT2D eigenvalue weighted by atomic mass is 32.2. The maximum atomic E-state index is 14.3. The fraction of sp³-hybridized carbons (Fsp3) is 0.571. The van der Waals surface area contributed by atoms with Gasteiger partial charge in [0, 0.05) is 12.0 Å². The number of rotatable bonds is 4. The summed E-state index contributed by atoms with van der Waals surface area (Å²) in [4.78, 5) is -0.118. The van der Waals surface area contributed by atoms with Crippen molar-refractivity contribution in [3.05, 3.63) is 24.0 Å². The molecule has 0 radical (unpaired) electrons. The minimum Gasteiger partial charge on any atom is -0.399 e. The predicted octanol–water partition coefficient (Wildman–Crippen LogP) is 1.42. The molecule has 1 saturated heterocycles. The van der Waals surface area contributed by atoms with Crippen molar-refractivity contribution in [2.75, 3.05) is 6.54 Å². The van der Waals surface area contributed by atoms with E-state index in [1.54, 1.807) is 6.92 Å².